The Morgan fingerprint density at radius 2 is 2.06 bits per heavy atom. The summed E-state index contributed by atoms with van der Waals surface area (Å²) in [6.07, 6.45) is 8.56. The number of hydrogen-bond acceptors (Lipinski definition) is 6. The summed E-state index contributed by atoms with van der Waals surface area (Å²) in [5.41, 5.74) is 0.705. The molecule has 0 spiro atoms. The van der Waals surface area contributed by atoms with Gasteiger partial charge in [0.2, 0.25) is 5.91 Å². The Bertz CT molecular complexity index is 955. The third-order valence-electron chi connectivity index (χ3n) is 6.55. The van der Waals surface area contributed by atoms with Crippen molar-refractivity contribution >= 4 is 5.91 Å². The number of aliphatic hydroxyl groups is 1. The van der Waals surface area contributed by atoms with Crippen molar-refractivity contribution in [3.05, 3.63) is 47.0 Å². The predicted molar refractivity (Wildman–Crippen MR) is 117 cm³/mol. The van der Waals surface area contributed by atoms with Crippen LogP contribution in [0.4, 0.5) is 0 Å². The van der Waals surface area contributed by atoms with Gasteiger partial charge in [-0.05, 0) is 56.7 Å². The van der Waals surface area contributed by atoms with Crippen molar-refractivity contribution in [3.63, 3.8) is 0 Å². The second kappa shape index (κ2) is 9.28. The monoisotopic (exact) mass is 425 g/mol. The summed E-state index contributed by atoms with van der Waals surface area (Å²) in [4.78, 5) is 30.0. The van der Waals surface area contributed by atoms with Crippen molar-refractivity contribution in [3.8, 4) is 11.3 Å². The largest absolute Gasteiger partial charge is 0.387 e. The first-order chi connectivity index (χ1) is 14.9. The summed E-state index contributed by atoms with van der Waals surface area (Å²) >= 11 is 0. The van der Waals surface area contributed by atoms with Crippen LogP contribution in [0.5, 0.6) is 0 Å². The van der Waals surface area contributed by atoms with Gasteiger partial charge in [-0.25, -0.2) is 4.68 Å². The highest BCUT2D eigenvalue weighted by Crippen LogP contribution is 2.28. The number of nitrogens with one attached hydrogen (secondary N) is 1. The molecule has 1 saturated carbocycles. The van der Waals surface area contributed by atoms with Crippen molar-refractivity contribution in [2.24, 2.45) is 0 Å². The average Bonchev–Trinajstić information content (AvgIpc) is 2.79. The standard InChI is InChI=1S/C23H31N5O3/c1-17(29)27-13-3-11-23(31,16-27)15-25-19-5-7-20(8-6-19)28-22(30)10-9-21(26-28)18-4-2-12-24-14-18/h2,4,9-10,12,14,19-20,25,31H,3,5-8,11,13,15-16H2,1H3. The molecule has 1 aliphatic carbocycles. The van der Waals surface area contributed by atoms with Crippen LogP contribution in [0.3, 0.4) is 0 Å². The summed E-state index contributed by atoms with van der Waals surface area (Å²) < 4.78 is 1.62. The van der Waals surface area contributed by atoms with Crippen LogP contribution >= 0.6 is 0 Å². The number of aromatic nitrogens is 3. The molecule has 8 nitrogen and oxygen atoms in total. The minimum Gasteiger partial charge on any atom is -0.387 e. The van der Waals surface area contributed by atoms with E-state index in [4.69, 9.17) is 0 Å². The van der Waals surface area contributed by atoms with Crippen LogP contribution in [0.1, 0.15) is 51.5 Å². The second-order valence-corrected chi connectivity index (χ2v) is 8.90. The van der Waals surface area contributed by atoms with Crippen LogP contribution in [0.25, 0.3) is 11.3 Å². The highest BCUT2D eigenvalue weighted by molar-refractivity contribution is 5.73. The molecule has 0 aromatic carbocycles. The molecule has 1 amide bonds. The van der Waals surface area contributed by atoms with Crippen LogP contribution in [0.2, 0.25) is 0 Å². The number of amides is 1. The number of β-amino-alcohol motifs (C(OH)–C–C–N with tert-alkyl or cyclic N) is 1. The number of nitrogens with zero attached hydrogens (tertiary/aromatic N) is 4. The molecule has 166 valence electrons. The van der Waals surface area contributed by atoms with E-state index in [0.717, 1.165) is 49.9 Å². The zero-order valence-electron chi connectivity index (χ0n) is 18.0. The fraction of sp³-hybridized carbons (Fsp3) is 0.565. The normalized spacial score (nSPS) is 26.6. The first-order valence-electron chi connectivity index (χ1n) is 11.2. The topological polar surface area (TPSA) is 100 Å². The lowest BCUT2D eigenvalue weighted by Gasteiger charge is -2.40. The number of hydrogen-bond donors (Lipinski definition) is 2. The Balaban J connectivity index is 1.34. The van der Waals surface area contributed by atoms with E-state index in [1.807, 2.05) is 12.1 Å². The van der Waals surface area contributed by atoms with Gasteiger partial charge in [0.25, 0.3) is 5.56 Å². The van der Waals surface area contributed by atoms with E-state index in [1.54, 1.807) is 41.0 Å². The van der Waals surface area contributed by atoms with E-state index in [0.29, 0.717) is 25.6 Å². The van der Waals surface area contributed by atoms with E-state index < -0.39 is 5.60 Å². The molecule has 0 radical (unpaired) electrons. The van der Waals surface area contributed by atoms with E-state index in [9.17, 15) is 14.7 Å². The van der Waals surface area contributed by atoms with Crippen LogP contribution in [0, 0.1) is 0 Å². The molecule has 2 fully saturated rings. The predicted octanol–water partition coefficient (Wildman–Crippen LogP) is 1.75. The number of pyridine rings is 1. The molecule has 1 unspecified atom stereocenters. The maximum Gasteiger partial charge on any atom is 0.267 e. The molecule has 3 heterocycles. The van der Waals surface area contributed by atoms with Gasteiger partial charge in [-0.3, -0.25) is 14.6 Å². The van der Waals surface area contributed by atoms with Gasteiger partial charge < -0.3 is 15.3 Å². The summed E-state index contributed by atoms with van der Waals surface area (Å²) in [6, 6.07) is 7.50. The smallest absolute Gasteiger partial charge is 0.267 e. The fourth-order valence-corrected chi connectivity index (χ4v) is 4.74. The lowest BCUT2D eigenvalue weighted by atomic mass is 9.89. The molecule has 8 heteroatoms. The van der Waals surface area contributed by atoms with Crippen molar-refractivity contribution < 1.29 is 9.90 Å². The van der Waals surface area contributed by atoms with Crippen LogP contribution < -0.4 is 10.9 Å². The number of likely N-dealkylation sites (tertiary alicyclic amines) is 1. The van der Waals surface area contributed by atoms with E-state index >= 15 is 0 Å². The van der Waals surface area contributed by atoms with Crippen LogP contribution in [0.15, 0.2) is 41.5 Å². The Morgan fingerprint density at radius 3 is 2.77 bits per heavy atom. The highest BCUT2D eigenvalue weighted by atomic mass is 16.3. The van der Waals surface area contributed by atoms with Gasteiger partial charge in [-0.2, -0.15) is 5.10 Å². The number of carbonyl (C=O) groups excluding carboxylic acids is 1. The molecule has 2 aliphatic rings. The lowest BCUT2D eigenvalue weighted by molar-refractivity contribution is -0.135. The summed E-state index contributed by atoms with van der Waals surface area (Å²) in [6.45, 7) is 3.16. The number of carbonyl (C=O) groups is 1. The van der Waals surface area contributed by atoms with Crippen molar-refractivity contribution in [2.75, 3.05) is 19.6 Å². The SMILES string of the molecule is CC(=O)N1CCCC(O)(CNC2CCC(n3nc(-c4cccnc4)ccc3=O)CC2)C1. The minimum atomic E-state index is -0.864. The lowest BCUT2D eigenvalue weighted by Crippen LogP contribution is -2.56. The molecule has 1 aliphatic heterocycles. The van der Waals surface area contributed by atoms with Gasteiger partial charge >= 0.3 is 0 Å². The molecule has 0 bridgehead atoms. The zero-order chi connectivity index (χ0) is 21.8. The maximum atomic E-state index is 12.4. The van der Waals surface area contributed by atoms with Gasteiger partial charge in [0.1, 0.15) is 0 Å². The molecule has 2 N–H and O–H groups in total. The molecule has 4 rings (SSSR count). The van der Waals surface area contributed by atoms with Gasteiger partial charge in [0.15, 0.2) is 0 Å². The number of rotatable bonds is 5. The molecule has 2 aromatic rings. The Labute approximate surface area is 182 Å². The molecule has 1 saturated heterocycles. The van der Waals surface area contributed by atoms with Gasteiger partial charge in [-0.15, -0.1) is 0 Å². The zero-order valence-corrected chi connectivity index (χ0v) is 18.0. The third-order valence-corrected chi connectivity index (χ3v) is 6.55. The van der Waals surface area contributed by atoms with Crippen molar-refractivity contribution in [2.45, 2.75) is 63.1 Å². The maximum absolute atomic E-state index is 12.4. The Kier molecular flexibility index (Phi) is 6.48. The van der Waals surface area contributed by atoms with Gasteiger partial charge in [0, 0.05) is 50.1 Å². The molecule has 1 atom stereocenters. The van der Waals surface area contributed by atoms with Crippen molar-refractivity contribution in [1.29, 1.82) is 0 Å². The fourth-order valence-electron chi connectivity index (χ4n) is 4.74. The van der Waals surface area contributed by atoms with E-state index in [1.165, 1.54) is 0 Å². The summed E-state index contributed by atoms with van der Waals surface area (Å²) in [5, 5.41) is 19.0. The molecule has 2 aromatic heterocycles. The Hall–Kier alpha value is -2.58. The van der Waals surface area contributed by atoms with Gasteiger partial charge in [-0.1, -0.05) is 0 Å². The van der Waals surface area contributed by atoms with Crippen molar-refractivity contribution in [1.82, 2.24) is 25.0 Å². The first-order valence-corrected chi connectivity index (χ1v) is 11.2. The molecular weight excluding hydrogens is 394 g/mol. The molecule has 31 heavy (non-hydrogen) atoms. The minimum absolute atomic E-state index is 0.0186. The van der Waals surface area contributed by atoms with E-state index in [2.05, 4.69) is 15.4 Å². The molecular formula is C23H31N5O3. The Morgan fingerprint density at radius 1 is 1.26 bits per heavy atom. The van der Waals surface area contributed by atoms with Crippen LogP contribution in [-0.4, -0.2) is 62.0 Å². The second-order valence-electron chi connectivity index (χ2n) is 8.90. The first kappa shape index (κ1) is 21.6. The summed E-state index contributed by atoms with van der Waals surface area (Å²) in [7, 11) is 0. The third kappa shape index (κ3) is 5.19. The van der Waals surface area contributed by atoms with E-state index in [-0.39, 0.29) is 17.5 Å². The highest BCUT2D eigenvalue weighted by Gasteiger charge is 2.35. The average molecular weight is 426 g/mol. The summed E-state index contributed by atoms with van der Waals surface area (Å²) in [5.74, 6) is 0.0186. The van der Waals surface area contributed by atoms with Crippen LogP contribution in [-0.2, 0) is 4.79 Å². The quantitative estimate of drug-likeness (QED) is 0.757. The number of piperidine rings is 1. The van der Waals surface area contributed by atoms with Gasteiger partial charge in [0.05, 0.1) is 23.9 Å².